The summed E-state index contributed by atoms with van der Waals surface area (Å²) in [7, 11) is -3.87. The Morgan fingerprint density at radius 1 is 1.28 bits per heavy atom. The molecule has 0 fully saturated rings. The number of nitrogens with zero attached hydrogens (tertiary/aromatic N) is 2. The van der Waals surface area contributed by atoms with Crippen molar-refractivity contribution in [2.45, 2.75) is 44.2 Å². The van der Waals surface area contributed by atoms with E-state index < -0.39 is 22.0 Å². The predicted octanol–water partition coefficient (Wildman–Crippen LogP) is 2.26. The molecule has 2 aromatic rings. The third-order valence-corrected chi connectivity index (χ3v) is 4.96. The molecule has 1 aromatic carbocycles. The molecule has 0 spiro atoms. The summed E-state index contributed by atoms with van der Waals surface area (Å²) in [4.78, 5) is 16.0. The Morgan fingerprint density at radius 2 is 1.92 bits per heavy atom. The van der Waals surface area contributed by atoms with Crippen LogP contribution in [0.2, 0.25) is 5.02 Å². The lowest BCUT2D eigenvalue weighted by molar-refractivity contribution is -0.147. The quantitative estimate of drug-likeness (QED) is 0.725. The minimum Gasteiger partial charge on any atom is -0.454 e. The van der Waals surface area contributed by atoms with Gasteiger partial charge < -0.3 is 9.26 Å². The average Bonchev–Trinajstić information content (AvgIpc) is 3.01. The van der Waals surface area contributed by atoms with Gasteiger partial charge in [0.15, 0.2) is 12.4 Å². The molecule has 0 amide bonds. The molecule has 1 N–H and O–H groups in total. The number of esters is 1. The zero-order chi connectivity index (χ0) is 18.6. The van der Waals surface area contributed by atoms with Crippen LogP contribution < -0.4 is 4.72 Å². The number of rotatable bonds is 7. The summed E-state index contributed by atoms with van der Waals surface area (Å²) in [5.74, 6) is -0.0347. The lowest BCUT2D eigenvalue weighted by Crippen LogP contribution is -2.39. The van der Waals surface area contributed by atoms with Gasteiger partial charge in [-0.2, -0.15) is 9.71 Å². The van der Waals surface area contributed by atoms with Gasteiger partial charge in [-0.3, -0.25) is 4.79 Å². The Balaban J connectivity index is 1.93. The van der Waals surface area contributed by atoms with Gasteiger partial charge in [0.25, 0.3) is 5.89 Å². The maximum atomic E-state index is 12.2. The van der Waals surface area contributed by atoms with Gasteiger partial charge in [-0.15, -0.1) is 0 Å². The second-order valence-corrected chi connectivity index (χ2v) is 7.76. The van der Waals surface area contributed by atoms with Crippen LogP contribution in [0.4, 0.5) is 0 Å². The SMILES string of the molecule is CC(C)c1noc(COC(=O)[C@H](C)NS(=O)(=O)c2ccc(Cl)cc2)n1. The molecule has 8 nitrogen and oxygen atoms in total. The molecule has 0 saturated heterocycles. The van der Waals surface area contributed by atoms with E-state index in [0.29, 0.717) is 10.8 Å². The number of carbonyl (C=O) groups excluding carboxylic acids is 1. The van der Waals surface area contributed by atoms with Gasteiger partial charge in [-0.05, 0) is 31.2 Å². The molecule has 1 aromatic heterocycles. The van der Waals surface area contributed by atoms with Crippen LogP contribution in [-0.4, -0.2) is 30.6 Å². The van der Waals surface area contributed by atoms with E-state index >= 15 is 0 Å². The van der Waals surface area contributed by atoms with Crippen LogP contribution in [0.1, 0.15) is 38.4 Å². The highest BCUT2D eigenvalue weighted by atomic mass is 35.5. The van der Waals surface area contributed by atoms with Crippen molar-refractivity contribution in [3.63, 3.8) is 0 Å². The monoisotopic (exact) mass is 387 g/mol. The van der Waals surface area contributed by atoms with Crippen molar-refractivity contribution in [3.8, 4) is 0 Å². The summed E-state index contributed by atoms with van der Waals surface area (Å²) in [5, 5.41) is 4.15. The normalized spacial score (nSPS) is 13.0. The first-order chi connectivity index (χ1) is 11.7. The smallest absolute Gasteiger partial charge is 0.324 e. The van der Waals surface area contributed by atoms with Crippen molar-refractivity contribution >= 4 is 27.6 Å². The zero-order valence-electron chi connectivity index (χ0n) is 13.9. The number of benzene rings is 1. The van der Waals surface area contributed by atoms with Crippen molar-refractivity contribution in [3.05, 3.63) is 41.0 Å². The summed E-state index contributed by atoms with van der Waals surface area (Å²) in [6.45, 7) is 4.94. The number of aromatic nitrogens is 2. The first-order valence-corrected chi connectivity index (χ1v) is 9.32. The maximum absolute atomic E-state index is 12.2. The third kappa shape index (κ3) is 5.25. The van der Waals surface area contributed by atoms with Crippen LogP contribution in [0.3, 0.4) is 0 Å². The van der Waals surface area contributed by atoms with Gasteiger partial charge in [0.05, 0.1) is 4.90 Å². The topological polar surface area (TPSA) is 111 Å². The van der Waals surface area contributed by atoms with E-state index in [-0.39, 0.29) is 23.3 Å². The van der Waals surface area contributed by atoms with Gasteiger partial charge in [0.2, 0.25) is 10.0 Å². The predicted molar refractivity (Wildman–Crippen MR) is 89.4 cm³/mol. The molecule has 0 unspecified atom stereocenters. The molecule has 1 atom stereocenters. The van der Waals surface area contributed by atoms with Gasteiger partial charge in [-0.25, -0.2) is 8.42 Å². The Morgan fingerprint density at radius 3 is 2.48 bits per heavy atom. The summed E-state index contributed by atoms with van der Waals surface area (Å²) >= 11 is 5.73. The molecule has 0 bridgehead atoms. The number of ether oxygens (including phenoxy) is 1. The second kappa shape index (κ2) is 7.94. The average molecular weight is 388 g/mol. The summed E-state index contributed by atoms with van der Waals surface area (Å²) in [5.41, 5.74) is 0. The highest BCUT2D eigenvalue weighted by Crippen LogP contribution is 2.14. The fourth-order valence-electron chi connectivity index (χ4n) is 1.78. The van der Waals surface area contributed by atoms with Crippen LogP contribution in [0, 0.1) is 0 Å². The summed E-state index contributed by atoms with van der Waals surface area (Å²) in [6.07, 6.45) is 0. The Labute approximate surface area is 150 Å². The molecule has 1 heterocycles. The summed E-state index contributed by atoms with van der Waals surface area (Å²) in [6, 6.07) is 4.48. The van der Waals surface area contributed by atoms with Gasteiger partial charge in [0.1, 0.15) is 6.04 Å². The molecular formula is C15H18ClN3O5S. The highest BCUT2D eigenvalue weighted by Gasteiger charge is 2.23. The van der Waals surface area contributed by atoms with Crippen molar-refractivity contribution in [1.82, 2.24) is 14.9 Å². The molecule has 2 rings (SSSR count). The van der Waals surface area contributed by atoms with Gasteiger partial charge in [-0.1, -0.05) is 30.6 Å². The van der Waals surface area contributed by atoms with Crippen molar-refractivity contribution < 1.29 is 22.5 Å². The number of halogens is 1. The summed E-state index contributed by atoms with van der Waals surface area (Å²) < 4.78 is 36.6. The van der Waals surface area contributed by atoms with Crippen LogP contribution in [-0.2, 0) is 26.2 Å². The van der Waals surface area contributed by atoms with Crippen LogP contribution >= 0.6 is 11.6 Å². The third-order valence-electron chi connectivity index (χ3n) is 3.15. The molecule has 10 heteroatoms. The maximum Gasteiger partial charge on any atom is 0.324 e. The van der Waals surface area contributed by atoms with Crippen LogP contribution in [0.15, 0.2) is 33.7 Å². The molecule has 136 valence electrons. The van der Waals surface area contributed by atoms with Crippen LogP contribution in [0.25, 0.3) is 0 Å². The Bertz CT molecular complexity index is 833. The van der Waals surface area contributed by atoms with E-state index in [4.69, 9.17) is 20.9 Å². The van der Waals surface area contributed by atoms with E-state index in [2.05, 4.69) is 14.9 Å². The van der Waals surface area contributed by atoms with E-state index in [1.165, 1.54) is 31.2 Å². The first kappa shape index (κ1) is 19.4. The lowest BCUT2D eigenvalue weighted by Gasteiger charge is -2.13. The van der Waals surface area contributed by atoms with Crippen LogP contribution in [0.5, 0.6) is 0 Å². The van der Waals surface area contributed by atoms with Crippen molar-refractivity contribution in [2.75, 3.05) is 0 Å². The van der Waals surface area contributed by atoms with Gasteiger partial charge in [0, 0.05) is 10.9 Å². The van der Waals surface area contributed by atoms with E-state index in [9.17, 15) is 13.2 Å². The fourth-order valence-corrected chi connectivity index (χ4v) is 3.10. The molecular weight excluding hydrogens is 370 g/mol. The molecule has 0 saturated carbocycles. The number of hydrogen-bond acceptors (Lipinski definition) is 7. The highest BCUT2D eigenvalue weighted by molar-refractivity contribution is 7.89. The number of carbonyl (C=O) groups is 1. The Hall–Kier alpha value is -1.97. The molecule has 25 heavy (non-hydrogen) atoms. The number of hydrogen-bond donors (Lipinski definition) is 1. The van der Waals surface area contributed by atoms with Gasteiger partial charge >= 0.3 is 5.97 Å². The first-order valence-electron chi connectivity index (χ1n) is 7.46. The number of nitrogens with one attached hydrogen (secondary N) is 1. The number of sulfonamides is 1. The van der Waals surface area contributed by atoms with E-state index in [1.807, 2.05) is 13.8 Å². The molecule has 0 radical (unpaired) electrons. The van der Waals surface area contributed by atoms with E-state index in [1.54, 1.807) is 0 Å². The minimum atomic E-state index is -3.87. The molecule has 0 aliphatic rings. The van der Waals surface area contributed by atoms with Crippen molar-refractivity contribution in [2.24, 2.45) is 0 Å². The van der Waals surface area contributed by atoms with E-state index in [0.717, 1.165) is 0 Å². The minimum absolute atomic E-state index is 0.00461. The molecule has 0 aliphatic heterocycles. The second-order valence-electron chi connectivity index (χ2n) is 5.61. The largest absolute Gasteiger partial charge is 0.454 e. The lowest BCUT2D eigenvalue weighted by atomic mass is 10.2. The zero-order valence-corrected chi connectivity index (χ0v) is 15.5. The fraction of sp³-hybridized carbons (Fsp3) is 0.400. The Kier molecular flexibility index (Phi) is 6.15. The van der Waals surface area contributed by atoms with Crippen molar-refractivity contribution in [1.29, 1.82) is 0 Å². The standard InChI is InChI=1S/C15H18ClN3O5S/c1-9(2)14-17-13(24-18-14)8-23-15(20)10(3)19-25(21,22)12-6-4-11(16)5-7-12/h4-7,9-10,19H,8H2,1-3H3/t10-/m0/s1. The molecule has 0 aliphatic carbocycles.